The van der Waals surface area contributed by atoms with E-state index in [1.807, 2.05) is 32.9 Å². The second-order valence-corrected chi connectivity index (χ2v) is 7.18. The minimum atomic E-state index is -0.475. The van der Waals surface area contributed by atoms with Crippen LogP contribution < -0.4 is 10.2 Å². The maximum absolute atomic E-state index is 11.7. The summed E-state index contributed by atoms with van der Waals surface area (Å²) < 4.78 is 11.0. The lowest BCUT2D eigenvalue weighted by atomic mass is 10.1. The Labute approximate surface area is 139 Å². The van der Waals surface area contributed by atoms with Crippen molar-refractivity contribution in [3.05, 3.63) is 29.8 Å². The highest BCUT2D eigenvalue weighted by molar-refractivity contribution is 5.67. The number of morpholine rings is 1. The summed E-state index contributed by atoms with van der Waals surface area (Å²) in [6.07, 6.45) is 0.0944. The Balaban J connectivity index is 1.88. The maximum Gasteiger partial charge on any atom is 0.407 e. The molecule has 1 saturated heterocycles. The molecule has 0 spiro atoms. The number of amides is 1. The summed E-state index contributed by atoms with van der Waals surface area (Å²) in [5, 5.41) is 2.77. The average Bonchev–Trinajstić information content (AvgIpc) is 2.43. The van der Waals surface area contributed by atoms with Gasteiger partial charge in [-0.1, -0.05) is 12.1 Å². The van der Waals surface area contributed by atoms with Crippen LogP contribution >= 0.6 is 0 Å². The van der Waals surface area contributed by atoms with Crippen LogP contribution in [0.3, 0.4) is 0 Å². The van der Waals surface area contributed by atoms with Crippen molar-refractivity contribution < 1.29 is 14.3 Å². The number of hydrogen-bond acceptors (Lipinski definition) is 4. The lowest BCUT2D eigenvalue weighted by Gasteiger charge is -2.36. The molecule has 5 nitrogen and oxygen atoms in total. The Morgan fingerprint density at radius 2 is 1.78 bits per heavy atom. The number of hydrogen-bond donors (Lipinski definition) is 1. The maximum atomic E-state index is 11.7. The summed E-state index contributed by atoms with van der Waals surface area (Å²) in [6.45, 7) is 12.0. The number of carbonyl (C=O) groups excluding carboxylic acids is 1. The van der Waals surface area contributed by atoms with E-state index >= 15 is 0 Å². The van der Waals surface area contributed by atoms with Gasteiger partial charge in [0.1, 0.15) is 5.60 Å². The fourth-order valence-corrected chi connectivity index (χ4v) is 2.70. The van der Waals surface area contributed by atoms with E-state index in [-0.39, 0.29) is 12.2 Å². The fraction of sp³-hybridized carbons (Fsp3) is 0.611. The molecule has 0 aromatic heterocycles. The van der Waals surface area contributed by atoms with Gasteiger partial charge in [0.05, 0.1) is 12.2 Å². The molecule has 2 atom stereocenters. The van der Waals surface area contributed by atoms with Gasteiger partial charge in [-0.05, 0) is 52.3 Å². The number of carbonyl (C=O) groups is 1. The zero-order valence-electron chi connectivity index (χ0n) is 14.8. The van der Waals surface area contributed by atoms with E-state index in [0.29, 0.717) is 6.54 Å². The molecular formula is C18H28N2O3. The van der Waals surface area contributed by atoms with E-state index in [4.69, 9.17) is 9.47 Å². The number of rotatable bonds is 3. The largest absolute Gasteiger partial charge is 0.444 e. The lowest BCUT2D eigenvalue weighted by molar-refractivity contribution is -0.00522. The first-order valence-electron chi connectivity index (χ1n) is 8.19. The van der Waals surface area contributed by atoms with Gasteiger partial charge >= 0.3 is 6.09 Å². The van der Waals surface area contributed by atoms with Crippen LogP contribution in [0.2, 0.25) is 0 Å². The predicted octanol–water partition coefficient (Wildman–Crippen LogP) is 3.32. The minimum absolute atomic E-state index is 0.243. The van der Waals surface area contributed by atoms with Crippen LogP contribution in [-0.4, -0.2) is 37.0 Å². The highest BCUT2D eigenvalue weighted by Gasteiger charge is 2.22. The van der Waals surface area contributed by atoms with Crippen molar-refractivity contribution in [2.45, 2.75) is 59.0 Å². The van der Waals surface area contributed by atoms with Crippen molar-refractivity contribution in [3.8, 4) is 0 Å². The molecule has 1 N–H and O–H groups in total. The standard InChI is InChI=1S/C18H28N2O3/c1-13-11-20(12-14(2)22-13)16-8-6-15(7-9-16)10-19-17(21)23-18(3,4)5/h6-9,13-14H,10-12H2,1-5H3,(H,19,21). The van der Waals surface area contributed by atoms with Crippen LogP contribution in [-0.2, 0) is 16.0 Å². The first kappa shape index (κ1) is 17.6. The van der Waals surface area contributed by atoms with Crippen LogP contribution in [0.15, 0.2) is 24.3 Å². The van der Waals surface area contributed by atoms with Crippen LogP contribution in [0, 0.1) is 0 Å². The summed E-state index contributed by atoms with van der Waals surface area (Å²) in [5.41, 5.74) is 1.76. The molecule has 1 fully saturated rings. The summed E-state index contributed by atoms with van der Waals surface area (Å²) in [4.78, 5) is 14.0. The second-order valence-electron chi connectivity index (χ2n) is 7.18. The first-order valence-corrected chi connectivity index (χ1v) is 8.19. The van der Waals surface area contributed by atoms with Crippen molar-refractivity contribution >= 4 is 11.8 Å². The van der Waals surface area contributed by atoms with Gasteiger partial charge in [-0.25, -0.2) is 4.79 Å². The van der Waals surface area contributed by atoms with E-state index in [1.165, 1.54) is 5.69 Å². The van der Waals surface area contributed by atoms with Crippen LogP contribution in [0.1, 0.15) is 40.2 Å². The Hall–Kier alpha value is -1.75. The summed E-state index contributed by atoms with van der Waals surface area (Å²) >= 11 is 0. The van der Waals surface area contributed by atoms with Gasteiger partial charge in [-0.15, -0.1) is 0 Å². The van der Waals surface area contributed by atoms with Crippen molar-refractivity contribution in [1.29, 1.82) is 0 Å². The third-order valence-electron chi connectivity index (χ3n) is 3.56. The van der Waals surface area contributed by atoms with Gasteiger partial charge in [0.25, 0.3) is 0 Å². The van der Waals surface area contributed by atoms with Crippen molar-refractivity contribution in [1.82, 2.24) is 5.32 Å². The van der Waals surface area contributed by atoms with Crippen LogP contribution in [0.25, 0.3) is 0 Å². The molecule has 23 heavy (non-hydrogen) atoms. The van der Waals surface area contributed by atoms with Crippen molar-refractivity contribution in [2.75, 3.05) is 18.0 Å². The Morgan fingerprint density at radius 3 is 2.30 bits per heavy atom. The molecule has 1 aromatic rings. The normalized spacial score (nSPS) is 21.9. The topological polar surface area (TPSA) is 50.8 Å². The van der Waals surface area contributed by atoms with Crippen LogP contribution in [0.4, 0.5) is 10.5 Å². The van der Waals surface area contributed by atoms with E-state index in [0.717, 1.165) is 18.7 Å². The molecule has 0 saturated carbocycles. The molecule has 1 aliphatic heterocycles. The summed E-state index contributed by atoms with van der Waals surface area (Å²) in [5.74, 6) is 0. The molecule has 1 aliphatic rings. The Bertz CT molecular complexity index is 512. The van der Waals surface area contributed by atoms with E-state index in [9.17, 15) is 4.79 Å². The molecule has 0 bridgehead atoms. The smallest absolute Gasteiger partial charge is 0.407 e. The molecule has 1 heterocycles. The first-order chi connectivity index (χ1) is 10.7. The molecule has 5 heteroatoms. The summed E-state index contributed by atoms with van der Waals surface area (Å²) in [7, 11) is 0. The molecule has 0 aliphatic carbocycles. The van der Waals surface area contributed by atoms with Gasteiger partial charge in [0.15, 0.2) is 0 Å². The third kappa shape index (κ3) is 5.75. The molecule has 2 rings (SSSR count). The predicted molar refractivity (Wildman–Crippen MR) is 91.7 cm³/mol. The monoisotopic (exact) mass is 320 g/mol. The molecule has 2 unspecified atom stereocenters. The molecule has 128 valence electrons. The van der Waals surface area contributed by atoms with Crippen molar-refractivity contribution in [3.63, 3.8) is 0 Å². The lowest BCUT2D eigenvalue weighted by Crippen LogP contribution is -2.45. The van der Waals surface area contributed by atoms with E-state index in [1.54, 1.807) is 0 Å². The number of benzene rings is 1. The van der Waals surface area contributed by atoms with Gasteiger partial charge < -0.3 is 19.7 Å². The number of ether oxygens (including phenoxy) is 2. The van der Waals surface area contributed by atoms with Gasteiger partial charge in [-0.3, -0.25) is 0 Å². The summed E-state index contributed by atoms with van der Waals surface area (Å²) in [6, 6.07) is 8.27. The number of nitrogens with zero attached hydrogens (tertiary/aromatic N) is 1. The quantitative estimate of drug-likeness (QED) is 0.928. The van der Waals surface area contributed by atoms with Crippen molar-refractivity contribution in [2.24, 2.45) is 0 Å². The number of alkyl carbamates (subject to hydrolysis) is 1. The number of anilines is 1. The zero-order valence-corrected chi connectivity index (χ0v) is 14.8. The number of nitrogens with one attached hydrogen (secondary N) is 1. The molecule has 1 amide bonds. The molecule has 1 aromatic carbocycles. The Morgan fingerprint density at radius 1 is 1.22 bits per heavy atom. The van der Waals surface area contributed by atoms with Gasteiger partial charge in [0, 0.05) is 25.3 Å². The third-order valence-corrected chi connectivity index (χ3v) is 3.56. The van der Waals surface area contributed by atoms with Crippen LogP contribution in [0.5, 0.6) is 0 Å². The SMILES string of the molecule is CC1CN(c2ccc(CNC(=O)OC(C)(C)C)cc2)CC(C)O1. The second kappa shape index (κ2) is 7.21. The minimum Gasteiger partial charge on any atom is -0.444 e. The van der Waals surface area contributed by atoms with Gasteiger partial charge in [-0.2, -0.15) is 0 Å². The molecular weight excluding hydrogens is 292 g/mol. The Kier molecular flexibility index (Phi) is 5.52. The highest BCUT2D eigenvalue weighted by Crippen LogP contribution is 2.20. The zero-order chi connectivity index (χ0) is 17.0. The van der Waals surface area contributed by atoms with Gasteiger partial charge in [0.2, 0.25) is 0 Å². The average molecular weight is 320 g/mol. The highest BCUT2D eigenvalue weighted by atomic mass is 16.6. The fourth-order valence-electron chi connectivity index (χ4n) is 2.70. The van der Waals surface area contributed by atoms with E-state index in [2.05, 4.69) is 36.2 Å². The van der Waals surface area contributed by atoms with E-state index < -0.39 is 11.7 Å². The molecule has 0 radical (unpaired) electrons.